The van der Waals surface area contributed by atoms with Crippen LogP contribution < -0.4 is 0 Å². The minimum absolute atomic E-state index is 0.205. The number of hydrogen-bond acceptors (Lipinski definition) is 1. The Balaban J connectivity index is 1.19. The third-order valence-corrected chi connectivity index (χ3v) is 9.21. The van der Waals surface area contributed by atoms with Gasteiger partial charge in [0.05, 0.1) is 0 Å². The Hall–Kier alpha value is -4.40. The summed E-state index contributed by atoms with van der Waals surface area (Å²) in [4.78, 5) is 2.71. The second kappa shape index (κ2) is 8.83. The number of benzene rings is 7. The van der Waals surface area contributed by atoms with E-state index in [-0.39, 0.29) is 5.82 Å². The molecule has 0 aromatic heterocycles. The van der Waals surface area contributed by atoms with Crippen LogP contribution in [0.1, 0.15) is 11.1 Å². The molecule has 0 fully saturated rings. The summed E-state index contributed by atoms with van der Waals surface area (Å²) in [7, 11) is 0. The second-order valence-corrected chi connectivity index (χ2v) is 11.4. The summed E-state index contributed by atoms with van der Waals surface area (Å²) in [6, 6.07) is 44.5. The molecule has 0 amide bonds. The Morgan fingerprint density at radius 2 is 0.949 bits per heavy atom. The van der Waals surface area contributed by atoms with Crippen LogP contribution in [0.5, 0.6) is 0 Å². The first-order valence-electron chi connectivity index (χ1n) is 13.2. The van der Waals surface area contributed by atoms with Crippen LogP contribution in [-0.2, 0) is 6.42 Å². The average molecular weight is 519 g/mol. The monoisotopic (exact) mass is 518 g/mol. The van der Waals surface area contributed by atoms with Crippen LogP contribution in [0.15, 0.2) is 137 Å². The lowest BCUT2D eigenvalue weighted by atomic mass is 9.91. The van der Waals surface area contributed by atoms with Crippen LogP contribution in [0.2, 0.25) is 0 Å². The second-order valence-electron chi connectivity index (χ2n) is 10.3. The minimum Gasteiger partial charge on any atom is -0.207 e. The van der Waals surface area contributed by atoms with Crippen molar-refractivity contribution in [3.63, 3.8) is 0 Å². The molecule has 0 nitrogen and oxygen atoms in total. The van der Waals surface area contributed by atoms with E-state index in [0.29, 0.717) is 0 Å². The molecule has 0 atom stereocenters. The Morgan fingerprint density at radius 3 is 1.77 bits per heavy atom. The van der Waals surface area contributed by atoms with E-state index >= 15 is 0 Å². The molecule has 2 heteroatoms. The van der Waals surface area contributed by atoms with Crippen molar-refractivity contribution in [3.8, 4) is 22.3 Å². The lowest BCUT2D eigenvalue weighted by Gasteiger charge is -2.19. The molecule has 1 heterocycles. The topological polar surface area (TPSA) is 0 Å². The fourth-order valence-electron chi connectivity index (χ4n) is 6.01. The maximum Gasteiger partial charge on any atom is 0.123 e. The first kappa shape index (κ1) is 22.6. The van der Waals surface area contributed by atoms with E-state index < -0.39 is 0 Å². The fraction of sp³-hybridized carbons (Fsp3) is 0.0270. The zero-order valence-electron chi connectivity index (χ0n) is 21.1. The van der Waals surface area contributed by atoms with Crippen molar-refractivity contribution in [1.82, 2.24) is 0 Å². The molecule has 0 radical (unpaired) electrons. The lowest BCUT2D eigenvalue weighted by Crippen LogP contribution is -1.99. The van der Waals surface area contributed by atoms with Crippen LogP contribution in [0.25, 0.3) is 54.6 Å². The predicted octanol–water partition coefficient (Wildman–Crippen LogP) is 10.7. The summed E-state index contributed by atoms with van der Waals surface area (Å²) in [6.45, 7) is 0. The standard InChI is InChI=1S/C37H23FS/c38-29-16-18-32-30-6-2-3-7-31(30)34-20-25(15-17-33(34)35(32)22-29)23-9-11-24(12-10-23)26-13-14-28-19-27-5-1-4-8-36(27)39-37(28)21-26/h1-18,20-22H,19H2. The van der Waals surface area contributed by atoms with E-state index in [1.165, 1.54) is 43.0 Å². The van der Waals surface area contributed by atoms with Crippen LogP contribution in [0, 0.1) is 5.82 Å². The van der Waals surface area contributed by atoms with Crippen LogP contribution in [0.4, 0.5) is 4.39 Å². The third kappa shape index (κ3) is 3.75. The fourth-order valence-corrected chi connectivity index (χ4v) is 7.12. The van der Waals surface area contributed by atoms with Crippen LogP contribution in [0.3, 0.4) is 0 Å². The summed E-state index contributed by atoms with van der Waals surface area (Å²) in [5, 5.41) is 6.62. The molecule has 0 aliphatic carbocycles. The zero-order chi connectivity index (χ0) is 25.9. The molecule has 0 saturated carbocycles. The van der Waals surface area contributed by atoms with Gasteiger partial charge in [-0.2, -0.15) is 0 Å². The largest absolute Gasteiger partial charge is 0.207 e. The first-order valence-corrected chi connectivity index (χ1v) is 14.1. The van der Waals surface area contributed by atoms with Gasteiger partial charge in [-0.25, -0.2) is 4.39 Å². The van der Waals surface area contributed by atoms with Gasteiger partial charge in [-0.05, 0) is 102 Å². The van der Waals surface area contributed by atoms with Crippen molar-refractivity contribution in [1.29, 1.82) is 0 Å². The Kier molecular flexibility index (Phi) is 5.11. The number of hydrogen-bond donors (Lipinski definition) is 0. The molecule has 0 N–H and O–H groups in total. The highest BCUT2D eigenvalue weighted by Crippen LogP contribution is 2.42. The lowest BCUT2D eigenvalue weighted by molar-refractivity contribution is 0.630. The van der Waals surface area contributed by atoms with Gasteiger partial charge in [0.2, 0.25) is 0 Å². The van der Waals surface area contributed by atoms with E-state index in [1.54, 1.807) is 12.1 Å². The molecule has 184 valence electrons. The average Bonchev–Trinajstić information content (AvgIpc) is 2.99. The van der Waals surface area contributed by atoms with Crippen molar-refractivity contribution in [3.05, 3.63) is 144 Å². The van der Waals surface area contributed by atoms with E-state index in [2.05, 4.69) is 109 Å². The van der Waals surface area contributed by atoms with E-state index in [1.807, 2.05) is 17.8 Å². The summed E-state index contributed by atoms with van der Waals surface area (Å²) >= 11 is 1.87. The number of halogens is 1. The Bertz CT molecular complexity index is 2070. The van der Waals surface area contributed by atoms with Gasteiger partial charge < -0.3 is 0 Å². The van der Waals surface area contributed by atoms with Crippen molar-refractivity contribution in [2.45, 2.75) is 16.2 Å². The van der Waals surface area contributed by atoms with Crippen LogP contribution in [-0.4, -0.2) is 0 Å². The zero-order valence-corrected chi connectivity index (χ0v) is 21.9. The van der Waals surface area contributed by atoms with Crippen molar-refractivity contribution >= 4 is 44.1 Å². The SMILES string of the molecule is Fc1ccc2c3ccccc3c3cc(-c4ccc(-c5ccc6c(c5)Sc5ccccc5C6)cc4)ccc3c2c1. The predicted molar refractivity (Wildman–Crippen MR) is 163 cm³/mol. The highest BCUT2D eigenvalue weighted by molar-refractivity contribution is 7.99. The van der Waals surface area contributed by atoms with E-state index in [4.69, 9.17) is 0 Å². The summed E-state index contributed by atoms with van der Waals surface area (Å²) < 4.78 is 14.2. The first-order chi connectivity index (χ1) is 19.2. The summed E-state index contributed by atoms with van der Waals surface area (Å²) in [6.07, 6.45) is 0.996. The smallest absolute Gasteiger partial charge is 0.123 e. The van der Waals surface area contributed by atoms with Crippen LogP contribution >= 0.6 is 11.8 Å². The van der Waals surface area contributed by atoms with E-state index in [0.717, 1.165) is 38.9 Å². The maximum atomic E-state index is 14.2. The van der Waals surface area contributed by atoms with Gasteiger partial charge in [-0.1, -0.05) is 109 Å². The summed E-state index contributed by atoms with van der Waals surface area (Å²) in [5.41, 5.74) is 7.60. The van der Waals surface area contributed by atoms with Crippen molar-refractivity contribution in [2.24, 2.45) is 0 Å². The van der Waals surface area contributed by atoms with Gasteiger partial charge >= 0.3 is 0 Å². The van der Waals surface area contributed by atoms with Gasteiger partial charge in [-0.3, -0.25) is 0 Å². The van der Waals surface area contributed by atoms with Gasteiger partial charge in [0, 0.05) is 9.79 Å². The van der Waals surface area contributed by atoms with Gasteiger partial charge in [0.15, 0.2) is 0 Å². The van der Waals surface area contributed by atoms with Gasteiger partial charge in [0.25, 0.3) is 0 Å². The van der Waals surface area contributed by atoms with Crippen molar-refractivity contribution < 1.29 is 4.39 Å². The molecule has 8 rings (SSSR count). The Morgan fingerprint density at radius 1 is 0.410 bits per heavy atom. The number of rotatable bonds is 2. The highest BCUT2D eigenvalue weighted by Gasteiger charge is 2.16. The van der Waals surface area contributed by atoms with Gasteiger partial charge in [0.1, 0.15) is 5.82 Å². The quantitative estimate of drug-likeness (QED) is 0.205. The molecule has 0 saturated heterocycles. The van der Waals surface area contributed by atoms with Crippen molar-refractivity contribution in [2.75, 3.05) is 0 Å². The molecule has 0 unspecified atom stereocenters. The Labute approximate surface area is 230 Å². The highest BCUT2D eigenvalue weighted by atomic mass is 32.2. The third-order valence-electron chi connectivity index (χ3n) is 7.99. The molecule has 0 bridgehead atoms. The number of fused-ring (bicyclic) bond motifs is 8. The molecule has 1 aliphatic heterocycles. The van der Waals surface area contributed by atoms with E-state index in [9.17, 15) is 4.39 Å². The molecule has 39 heavy (non-hydrogen) atoms. The molecule has 0 spiro atoms. The minimum atomic E-state index is -0.205. The molecule has 1 aliphatic rings. The van der Waals surface area contributed by atoms with Gasteiger partial charge in [-0.15, -0.1) is 0 Å². The maximum absolute atomic E-state index is 14.2. The molecule has 7 aromatic rings. The normalized spacial score (nSPS) is 12.5. The summed E-state index contributed by atoms with van der Waals surface area (Å²) in [5.74, 6) is -0.205. The molecule has 7 aromatic carbocycles. The molecular formula is C37H23FS. The molecular weight excluding hydrogens is 495 g/mol.